The summed E-state index contributed by atoms with van der Waals surface area (Å²) >= 11 is 0. The third-order valence-corrected chi connectivity index (χ3v) is 3.22. The van der Waals surface area contributed by atoms with Gasteiger partial charge in [-0.05, 0) is 18.6 Å². The predicted octanol–water partition coefficient (Wildman–Crippen LogP) is 3.78. The van der Waals surface area contributed by atoms with Crippen LogP contribution in [0.4, 0.5) is 17.5 Å². The monoisotopic (exact) mass is 276 g/mol. The van der Waals surface area contributed by atoms with Crippen molar-refractivity contribution in [2.45, 2.75) is 6.92 Å². The number of para-hydroxylation sites is 1. The summed E-state index contributed by atoms with van der Waals surface area (Å²) in [6.45, 7) is 2.05. The van der Waals surface area contributed by atoms with E-state index >= 15 is 0 Å². The molecule has 0 aliphatic heterocycles. The molecule has 3 N–H and O–H groups in total. The topological polar surface area (TPSA) is 63.8 Å². The third kappa shape index (κ3) is 3.00. The van der Waals surface area contributed by atoms with Crippen molar-refractivity contribution in [1.82, 2.24) is 9.97 Å². The van der Waals surface area contributed by atoms with Crippen LogP contribution in [0.25, 0.3) is 11.3 Å². The fraction of sp³-hybridized carbons (Fsp3) is 0.0588. The minimum atomic E-state index is 0.257. The number of nitrogens with two attached hydrogens (primary N) is 1. The molecular weight excluding hydrogens is 260 g/mol. The second-order valence-corrected chi connectivity index (χ2v) is 4.80. The van der Waals surface area contributed by atoms with Gasteiger partial charge in [0.2, 0.25) is 5.95 Å². The Morgan fingerprint density at radius 2 is 1.62 bits per heavy atom. The maximum absolute atomic E-state index is 5.83. The van der Waals surface area contributed by atoms with Crippen LogP contribution >= 0.6 is 0 Å². The van der Waals surface area contributed by atoms with Crippen LogP contribution in [0, 0.1) is 6.92 Å². The van der Waals surface area contributed by atoms with Crippen molar-refractivity contribution in [1.29, 1.82) is 0 Å². The molecule has 3 rings (SSSR count). The van der Waals surface area contributed by atoms with Crippen LogP contribution in [0.3, 0.4) is 0 Å². The van der Waals surface area contributed by atoms with E-state index in [1.54, 1.807) is 0 Å². The number of aromatic nitrogens is 2. The molecule has 4 heteroatoms. The zero-order valence-corrected chi connectivity index (χ0v) is 11.7. The lowest BCUT2D eigenvalue weighted by Gasteiger charge is -2.10. The zero-order valence-electron chi connectivity index (χ0n) is 11.7. The largest absolute Gasteiger partial charge is 0.368 e. The predicted molar refractivity (Wildman–Crippen MR) is 86.3 cm³/mol. The number of aryl methyl sites for hydroxylation is 1. The summed E-state index contributed by atoms with van der Waals surface area (Å²) in [5, 5.41) is 3.29. The van der Waals surface area contributed by atoms with Crippen LogP contribution in [-0.2, 0) is 0 Å². The molecule has 1 heterocycles. The first kappa shape index (κ1) is 13.1. The Labute approximate surface area is 123 Å². The van der Waals surface area contributed by atoms with Gasteiger partial charge in [-0.2, -0.15) is 4.98 Å². The molecule has 2 aromatic carbocycles. The lowest BCUT2D eigenvalue weighted by atomic mass is 10.1. The minimum absolute atomic E-state index is 0.257. The van der Waals surface area contributed by atoms with Crippen molar-refractivity contribution in [3.8, 4) is 11.3 Å². The molecule has 104 valence electrons. The molecule has 3 aromatic rings. The molecule has 0 aliphatic carbocycles. The highest BCUT2D eigenvalue weighted by Gasteiger charge is 2.06. The standard InChI is InChI=1S/C17H16N4/c1-12-7-5-6-10-14(12)19-16-11-15(20-17(18)21-16)13-8-3-2-4-9-13/h2-11H,1H3,(H3,18,19,20,21). The first-order chi connectivity index (χ1) is 10.2. The van der Waals surface area contributed by atoms with Crippen LogP contribution in [0.2, 0.25) is 0 Å². The SMILES string of the molecule is Cc1ccccc1Nc1cc(-c2ccccc2)nc(N)n1. The number of benzene rings is 2. The number of hydrogen-bond acceptors (Lipinski definition) is 4. The van der Waals surface area contributed by atoms with Gasteiger partial charge in [-0.15, -0.1) is 0 Å². The quantitative estimate of drug-likeness (QED) is 0.764. The molecule has 0 aliphatic rings. The molecule has 0 spiro atoms. The smallest absolute Gasteiger partial charge is 0.222 e. The van der Waals surface area contributed by atoms with E-state index in [-0.39, 0.29) is 5.95 Å². The Balaban J connectivity index is 1.97. The number of nitrogen functional groups attached to an aromatic ring is 1. The molecule has 1 aromatic heterocycles. The summed E-state index contributed by atoms with van der Waals surface area (Å²) < 4.78 is 0. The maximum atomic E-state index is 5.83. The second-order valence-electron chi connectivity index (χ2n) is 4.80. The first-order valence-electron chi connectivity index (χ1n) is 6.75. The summed E-state index contributed by atoms with van der Waals surface area (Å²) in [4.78, 5) is 8.55. The van der Waals surface area contributed by atoms with Gasteiger partial charge in [0.15, 0.2) is 0 Å². The lowest BCUT2D eigenvalue weighted by Crippen LogP contribution is -2.02. The average molecular weight is 276 g/mol. The van der Waals surface area contributed by atoms with E-state index in [2.05, 4.69) is 15.3 Å². The van der Waals surface area contributed by atoms with Crippen molar-refractivity contribution in [3.05, 3.63) is 66.2 Å². The molecule has 0 amide bonds. The molecule has 0 saturated heterocycles. The molecule has 0 unspecified atom stereocenters. The Morgan fingerprint density at radius 1 is 0.905 bits per heavy atom. The van der Waals surface area contributed by atoms with E-state index in [0.717, 1.165) is 22.5 Å². The van der Waals surface area contributed by atoms with E-state index in [0.29, 0.717) is 5.82 Å². The first-order valence-corrected chi connectivity index (χ1v) is 6.75. The average Bonchev–Trinajstić information content (AvgIpc) is 2.50. The fourth-order valence-corrected chi connectivity index (χ4v) is 2.14. The number of nitrogens with zero attached hydrogens (tertiary/aromatic N) is 2. The molecular formula is C17H16N4. The van der Waals surface area contributed by atoms with Crippen LogP contribution in [0.1, 0.15) is 5.56 Å². The van der Waals surface area contributed by atoms with E-state index < -0.39 is 0 Å². The molecule has 4 nitrogen and oxygen atoms in total. The van der Waals surface area contributed by atoms with E-state index in [4.69, 9.17) is 5.73 Å². The Morgan fingerprint density at radius 3 is 2.38 bits per heavy atom. The van der Waals surface area contributed by atoms with E-state index in [1.165, 1.54) is 0 Å². The Bertz CT molecular complexity index is 754. The highest BCUT2D eigenvalue weighted by atomic mass is 15.1. The van der Waals surface area contributed by atoms with Gasteiger partial charge in [-0.3, -0.25) is 0 Å². The third-order valence-electron chi connectivity index (χ3n) is 3.22. The number of anilines is 3. The summed E-state index contributed by atoms with van der Waals surface area (Å²) in [5.74, 6) is 0.947. The normalized spacial score (nSPS) is 10.3. The molecule has 0 bridgehead atoms. The van der Waals surface area contributed by atoms with Gasteiger partial charge in [-0.25, -0.2) is 4.98 Å². The van der Waals surface area contributed by atoms with Gasteiger partial charge < -0.3 is 11.1 Å². The van der Waals surface area contributed by atoms with Gasteiger partial charge in [0.05, 0.1) is 5.69 Å². The van der Waals surface area contributed by atoms with Crippen molar-refractivity contribution in [2.75, 3.05) is 11.1 Å². The van der Waals surface area contributed by atoms with Crippen LogP contribution in [0.5, 0.6) is 0 Å². The van der Waals surface area contributed by atoms with Gasteiger partial charge in [0.1, 0.15) is 5.82 Å². The molecule has 0 fully saturated rings. The van der Waals surface area contributed by atoms with E-state index in [1.807, 2.05) is 67.6 Å². The highest BCUT2D eigenvalue weighted by molar-refractivity contribution is 5.68. The molecule has 0 radical (unpaired) electrons. The minimum Gasteiger partial charge on any atom is -0.368 e. The Hall–Kier alpha value is -2.88. The van der Waals surface area contributed by atoms with Gasteiger partial charge >= 0.3 is 0 Å². The highest BCUT2D eigenvalue weighted by Crippen LogP contribution is 2.24. The van der Waals surface area contributed by atoms with Gasteiger partial charge in [0.25, 0.3) is 0 Å². The molecule has 21 heavy (non-hydrogen) atoms. The maximum Gasteiger partial charge on any atom is 0.222 e. The number of nitrogens with one attached hydrogen (secondary N) is 1. The number of hydrogen-bond donors (Lipinski definition) is 2. The van der Waals surface area contributed by atoms with Crippen LogP contribution in [-0.4, -0.2) is 9.97 Å². The van der Waals surface area contributed by atoms with Crippen molar-refractivity contribution in [2.24, 2.45) is 0 Å². The van der Waals surface area contributed by atoms with Crippen LogP contribution < -0.4 is 11.1 Å². The lowest BCUT2D eigenvalue weighted by molar-refractivity contribution is 1.19. The summed E-state index contributed by atoms with van der Waals surface area (Å²) in [5.41, 5.74) is 9.80. The van der Waals surface area contributed by atoms with Gasteiger partial charge in [0, 0.05) is 17.3 Å². The summed E-state index contributed by atoms with van der Waals surface area (Å²) in [7, 11) is 0. The van der Waals surface area contributed by atoms with Crippen molar-refractivity contribution in [3.63, 3.8) is 0 Å². The molecule has 0 atom stereocenters. The molecule has 0 saturated carbocycles. The fourth-order valence-electron chi connectivity index (χ4n) is 2.14. The summed E-state index contributed by atoms with van der Waals surface area (Å²) in [6.07, 6.45) is 0. The number of rotatable bonds is 3. The van der Waals surface area contributed by atoms with Crippen molar-refractivity contribution >= 4 is 17.5 Å². The van der Waals surface area contributed by atoms with Crippen molar-refractivity contribution < 1.29 is 0 Å². The Kier molecular flexibility index (Phi) is 3.51. The summed E-state index contributed by atoms with van der Waals surface area (Å²) in [6, 6.07) is 19.9. The zero-order chi connectivity index (χ0) is 14.7. The van der Waals surface area contributed by atoms with Gasteiger partial charge in [-0.1, -0.05) is 48.5 Å². The van der Waals surface area contributed by atoms with Crippen LogP contribution in [0.15, 0.2) is 60.7 Å². The van der Waals surface area contributed by atoms with E-state index in [9.17, 15) is 0 Å². The second kappa shape index (κ2) is 5.63.